The van der Waals surface area contributed by atoms with Gasteiger partial charge in [0.15, 0.2) is 0 Å². The van der Waals surface area contributed by atoms with Crippen LogP contribution in [0.1, 0.15) is 123 Å². The average Bonchev–Trinajstić information content (AvgIpc) is 2.60. The van der Waals surface area contributed by atoms with Gasteiger partial charge in [0.1, 0.15) is 0 Å². The zero-order valence-electron chi connectivity index (χ0n) is 18.1. The Bertz CT molecular complexity index is 305. The molecule has 0 aromatic carbocycles. The quantitative estimate of drug-likeness (QED) is 0.123. The Balaban J connectivity index is 3.86. The summed E-state index contributed by atoms with van der Waals surface area (Å²) >= 11 is 0. The minimum atomic E-state index is 0.889. The molecule has 0 saturated heterocycles. The summed E-state index contributed by atoms with van der Waals surface area (Å²) in [6.07, 6.45) is 23.6. The molecule has 0 rings (SSSR count). The number of nitrogens with two attached hydrogens (primary N) is 1. The number of amidine groups is 1. The maximum absolute atomic E-state index is 6.13. The van der Waals surface area contributed by atoms with Crippen LogP contribution in [-0.4, -0.2) is 24.5 Å². The molecule has 1 atom stereocenters. The summed E-state index contributed by atoms with van der Waals surface area (Å²) < 4.78 is 2.08. The van der Waals surface area contributed by atoms with Gasteiger partial charge in [0.25, 0.3) is 0 Å². The zero-order valence-corrected chi connectivity index (χ0v) is 18.1. The van der Waals surface area contributed by atoms with E-state index in [0.29, 0.717) is 0 Å². The molecule has 0 radical (unpaired) electrons. The Hall–Kier alpha value is -0.530. The van der Waals surface area contributed by atoms with E-state index in [4.69, 9.17) is 5.73 Å². The highest BCUT2D eigenvalue weighted by atomic mass is 15.0. The fourth-order valence-electron chi connectivity index (χ4n) is 3.61. The lowest BCUT2D eigenvalue weighted by Crippen LogP contribution is -2.23. The van der Waals surface area contributed by atoms with E-state index in [-0.39, 0.29) is 0 Å². The molecular formula is C23H49N2+. The van der Waals surface area contributed by atoms with Gasteiger partial charge in [-0.15, -0.1) is 0 Å². The summed E-state index contributed by atoms with van der Waals surface area (Å²) in [5, 5.41) is 0. The normalized spacial score (nSPS) is 12.3. The largest absolute Gasteiger partial charge is 0.291 e. The standard InChI is InChI=1S/C23H48N2/c1-5-7-9-11-12-13-14-15-17-19-22(18-16-10-8-6-2)20-21-23(24)25(3)4/h22,24H,5-21H2,1-4H3/p+1. The van der Waals surface area contributed by atoms with Crippen LogP contribution in [0.15, 0.2) is 0 Å². The molecule has 0 heterocycles. The third-order valence-corrected chi connectivity index (χ3v) is 5.57. The van der Waals surface area contributed by atoms with Gasteiger partial charge in [-0.05, 0) is 12.3 Å². The summed E-state index contributed by atoms with van der Waals surface area (Å²) in [5.74, 6) is 1.94. The molecule has 0 spiro atoms. The van der Waals surface area contributed by atoms with Crippen molar-refractivity contribution in [3.8, 4) is 0 Å². The average molecular weight is 354 g/mol. The van der Waals surface area contributed by atoms with Crippen molar-refractivity contribution in [3.63, 3.8) is 0 Å². The van der Waals surface area contributed by atoms with Crippen molar-refractivity contribution in [2.75, 3.05) is 14.1 Å². The maximum atomic E-state index is 6.13. The van der Waals surface area contributed by atoms with E-state index in [1.54, 1.807) is 0 Å². The van der Waals surface area contributed by atoms with Gasteiger partial charge in [0, 0.05) is 6.42 Å². The predicted molar refractivity (Wildman–Crippen MR) is 115 cm³/mol. The van der Waals surface area contributed by atoms with Gasteiger partial charge >= 0.3 is 0 Å². The second-order valence-corrected chi connectivity index (χ2v) is 8.26. The van der Waals surface area contributed by atoms with Crippen molar-refractivity contribution in [1.29, 1.82) is 0 Å². The topological polar surface area (TPSA) is 29.0 Å². The van der Waals surface area contributed by atoms with Crippen molar-refractivity contribution < 1.29 is 4.58 Å². The van der Waals surface area contributed by atoms with Gasteiger partial charge < -0.3 is 0 Å². The van der Waals surface area contributed by atoms with Crippen molar-refractivity contribution in [3.05, 3.63) is 0 Å². The Morgan fingerprint density at radius 2 is 1.04 bits per heavy atom. The molecule has 0 fully saturated rings. The number of rotatable bonds is 18. The number of nitrogens with zero attached hydrogens (tertiary/aromatic N) is 1. The highest BCUT2D eigenvalue weighted by Gasteiger charge is 2.11. The fraction of sp³-hybridized carbons (Fsp3) is 0.957. The molecule has 25 heavy (non-hydrogen) atoms. The molecule has 2 nitrogen and oxygen atoms in total. The smallest absolute Gasteiger partial charge is 0.242 e. The van der Waals surface area contributed by atoms with Crippen molar-refractivity contribution >= 4 is 5.84 Å². The third kappa shape index (κ3) is 16.7. The first-order valence-electron chi connectivity index (χ1n) is 11.4. The SMILES string of the molecule is CCCCCCCCCCCC(CCCCCC)CCC(N)=[N+](C)C. The zero-order chi connectivity index (χ0) is 18.8. The van der Waals surface area contributed by atoms with Gasteiger partial charge in [-0.3, -0.25) is 10.3 Å². The highest BCUT2D eigenvalue weighted by molar-refractivity contribution is 5.75. The Labute approximate surface area is 159 Å². The van der Waals surface area contributed by atoms with Crippen LogP contribution in [0.2, 0.25) is 0 Å². The Morgan fingerprint density at radius 1 is 0.640 bits per heavy atom. The first-order chi connectivity index (χ1) is 12.1. The van der Waals surface area contributed by atoms with E-state index in [9.17, 15) is 0 Å². The van der Waals surface area contributed by atoms with Crippen LogP contribution in [0.5, 0.6) is 0 Å². The summed E-state index contributed by atoms with van der Waals surface area (Å²) in [5.41, 5.74) is 6.13. The summed E-state index contributed by atoms with van der Waals surface area (Å²) in [4.78, 5) is 0. The van der Waals surface area contributed by atoms with E-state index < -0.39 is 0 Å². The van der Waals surface area contributed by atoms with Crippen LogP contribution in [0, 0.1) is 5.92 Å². The summed E-state index contributed by atoms with van der Waals surface area (Å²) in [6, 6.07) is 0. The van der Waals surface area contributed by atoms with Crippen LogP contribution in [-0.2, 0) is 0 Å². The lowest BCUT2D eigenvalue weighted by molar-refractivity contribution is -0.466. The number of hydrogen-bond acceptors (Lipinski definition) is 0. The second-order valence-electron chi connectivity index (χ2n) is 8.26. The van der Waals surface area contributed by atoms with Crippen LogP contribution in [0.3, 0.4) is 0 Å². The molecule has 2 heteroatoms. The van der Waals surface area contributed by atoms with Crippen LogP contribution in [0.25, 0.3) is 0 Å². The molecule has 2 N–H and O–H groups in total. The van der Waals surface area contributed by atoms with Gasteiger partial charge in [0.05, 0.1) is 14.1 Å². The molecule has 0 aliphatic carbocycles. The molecule has 0 aromatic rings. The van der Waals surface area contributed by atoms with Gasteiger partial charge in [-0.25, -0.2) is 0 Å². The van der Waals surface area contributed by atoms with Crippen LogP contribution in [0.4, 0.5) is 0 Å². The minimum absolute atomic E-state index is 0.889. The van der Waals surface area contributed by atoms with Gasteiger partial charge in [0.2, 0.25) is 5.84 Å². The summed E-state index contributed by atoms with van der Waals surface area (Å²) in [7, 11) is 4.12. The minimum Gasteiger partial charge on any atom is -0.291 e. The monoisotopic (exact) mass is 353 g/mol. The maximum Gasteiger partial charge on any atom is 0.242 e. The first kappa shape index (κ1) is 24.5. The lowest BCUT2D eigenvalue weighted by Gasteiger charge is -2.16. The van der Waals surface area contributed by atoms with Gasteiger partial charge in [-0.2, -0.15) is 0 Å². The van der Waals surface area contributed by atoms with Crippen molar-refractivity contribution in [2.45, 2.75) is 123 Å². The molecule has 0 saturated carbocycles. The molecule has 0 amide bonds. The van der Waals surface area contributed by atoms with Crippen LogP contribution >= 0.6 is 0 Å². The molecule has 0 bridgehead atoms. The van der Waals surface area contributed by atoms with Crippen molar-refractivity contribution in [1.82, 2.24) is 0 Å². The van der Waals surface area contributed by atoms with Gasteiger partial charge in [-0.1, -0.05) is 110 Å². The van der Waals surface area contributed by atoms with E-state index >= 15 is 0 Å². The number of hydrogen-bond donors (Lipinski definition) is 1. The van der Waals surface area contributed by atoms with Crippen LogP contribution < -0.4 is 5.73 Å². The molecular weight excluding hydrogens is 304 g/mol. The van der Waals surface area contributed by atoms with E-state index in [0.717, 1.165) is 18.2 Å². The molecule has 0 aromatic heterocycles. The fourth-order valence-corrected chi connectivity index (χ4v) is 3.61. The first-order valence-corrected chi connectivity index (χ1v) is 11.4. The van der Waals surface area contributed by atoms with E-state index in [2.05, 4.69) is 32.5 Å². The van der Waals surface area contributed by atoms with E-state index in [1.165, 1.54) is 103 Å². The third-order valence-electron chi connectivity index (χ3n) is 5.57. The highest BCUT2D eigenvalue weighted by Crippen LogP contribution is 2.23. The Kier molecular flexibility index (Phi) is 17.9. The molecule has 0 aliphatic heterocycles. The second kappa shape index (κ2) is 18.3. The molecule has 1 unspecified atom stereocenters. The predicted octanol–water partition coefficient (Wildman–Crippen LogP) is 6.90. The molecule has 150 valence electrons. The van der Waals surface area contributed by atoms with Crippen molar-refractivity contribution in [2.24, 2.45) is 11.7 Å². The Morgan fingerprint density at radius 3 is 1.48 bits per heavy atom. The lowest BCUT2D eigenvalue weighted by atomic mass is 9.90. The molecule has 0 aliphatic rings. The number of unbranched alkanes of at least 4 members (excludes halogenated alkanes) is 11. The van der Waals surface area contributed by atoms with E-state index in [1.807, 2.05) is 0 Å². The summed E-state index contributed by atoms with van der Waals surface area (Å²) in [6.45, 7) is 4.59.